The normalized spacial score (nSPS) is 17.4. The van der Waals surface area contributed by atoms with Crippen LogP contribution in [0.1, 0.15) is 31.0 Å². The van der Waals surface area contributed by atoms with E-state index < -0.39 is 17.7 Å². The van der Waals surface area contributed by atoms with E-state index in [1.807, 2.05) is 13.8 Å². The lowest BCUT2D eigenvalue weighted by atomic mass is 9.94. The molecule has 0 bridgehead atoms. The maximum absolute atomic E-state index is 13.3. The van der Waals surface area contributed by atoms with E-state index in [4.69, 9.17) is 14.2 Å². The highest BCUT2D eigenvalue weighted by atomic mass is 16.5. The zero-order valence-corrected chi connectivity index (χ0v) is 20.3. The monoisotopic (exact) mass is 468 g/mol. The molecule has 1 saturated heterocycles. The van der Waals surface area contributed by atoms with Gasteiger partial charge in [-0.05, 0) is 43.4 Å². The molecule has 1 fully saturated rings. The van der Waals surface area contributed by atoms with Crippen molar-refractivity contribution < 1.29 is 28.9 Å². The number of aliphatic hydroxyl groups is 1. The summed E-state index contributed by atoms with van der Waals surface area (Å²) in [6.07, 6.45) is 0. The van der Waals surface area contributed by atoms with Crippen molar-refractivity contribution in [2.45, 2.75) is 19.9 Å². The second kappa shape index (κ2) is 11.1. The largest absolute Gasteiger partial charge is 0.507 e. The molecule has 8 nitrogen and oxygen atoms in total. The van der Waals surface area contributed by atoms with E-state index in [1.165, 1.54) is 26.2 Å². The smallest absolute Gasteiger partial charge is 0.295 e. The second-order valence-electron chi connectivity index (χ2n) is 7.83. The number of aliphatic hydroxyl groups excluding tert-OH is 1. The fourth-order valence-corrected chi connectivity index (χ4v) is 4.26. The highest BCUT2D eigenvalue weighted by Crippen LogP contribution is 2.44. The topological polar surface area (TPSA) is 88.5 Å². The highest BCUT2D eigenvalue weighted by molar-refractivity contribution is 6.46. The molecule has 34 heavy (non-hydrogen) atoms. The number of Topliss-reactive ketones (excluding diaryl/α,β-unsaturated/α-hetero) is 1. The first kappa shape index (κ1) is 25.1. The van der Waals surface area contributed by atoms with Gasteiger partial charge in [0.1, 0.15) is 23.0 Å². The molecule has 1 unspecified atom stereocenters. The third-order valence-electron chi connectivity index (χ3n) is 6.19. The third kappa shape index (κ3) is 4.72. The van der Waals surface area contributed by atoms with Crippen molar-refractivity contribution in [3.05, 3.63) is 59.2 Å². The number of hydrogen-bond donors (Lipinski definition) is 1. The standard InChI is InChI=1S/C26H32N2O6/c1-6-27(7-2)14-15-28-23(19-16-17(32-3)12-13-21(19)34-5)22(25(30)26(28)31)24(29)18-10-8-9-11-20(18)33-4/h8-13,16,23,29H,6-7,14-15H2,1-5H3/b24-22+. The van der Waals surface area contributed by atoms with Crippen LogP contribution in [0.15, 0.2) is 48.0 Å². The molecule has 2 aromatic carbocycles. The molecule has 0 aromatic heterocycles. The van der Waals surface area contributed by atoms with Gasteiger partial charge in [-0.15, -0.1) is 0 Å². The average Bonchev–Trinajstić information content (AvgIpc) is 3.13. The van der Waals surface area contributed by atoms with Crippen molar-refractivity contribution in [2.24, 2.45) is 0 Å². The minimum Gasteiger partial charge on any atom is -0.507 e. The first-order valence-electron chi connectivity index (χ1n) is 11.3. The number of hydrogen-bond acceptors (Lipinski definition) is 7. The lowest BCUT2D eigenvalue weighted by molar-refractivity contribution is -0.140. The van der Waals surface area contributed by atoms with Crippen LogP contribution >= 0.6 is 0 Å². The number of ether oxygens (including phenoxy) is 3. The van der Waals surface area contributed by atoms with Crippen molar-refractivity contribution in [3.63, 3.8) is 0 Å². The minimum absolute atomic E-state index is 0.0133. The fourth-order valence-electron chi connectivity index (χ4n) is 4.26. The van der Waals surface area contributed by atoms with Gasteiger partial charge >= 0.3 is 0 Å². The first-order valence-corrected chi connectivity index (χ1v) is 11.3. The summed E-state index contributed by atoms with van der Waals surface area (Å²) >= 11 is 0. The second-order valence-corrected chi connectivity index (χ2v) is 7.83. The number of amides is 1. The van der Waals surface area contributed by atoms with E-state index in [1.54, 1.807) is 42.5 Å². The zero-order chi connectivity index (χ0) is 24.8. The van der Waals surface area contributed by atoms with Crippen molar-refractivity contribution in [3.8, 4) is 17.2 Å². The minimum atomic E-state index is -0.856. The summed E-state index contributed by atoms with van der Waals surface area (Å²) in [4.78, 5) is 30.2. The SMILES string of the molecule is CCN(CC)CCN1C(=O)C(=O)/C(=C(/O)c2ccccc2OC)C1c1cc(OC)ccc1OC. The number of rotatable bonds is 10. The summed E-state index contributed by atoms with van der Waals surface area (Å²) in [5.74, 6) is -0.299. The van der Waals surface area contributed by atoms with Crippen LogP contribution in [-0.4, -0.2) is 74.1 Å². The number of likely N-dealkylation sites (tertiary alicyclic amines) is 1. The van der Waals surface area contributed by atoms with Crippen LogP contribution in [0.5, 0.6) is 17.2 Å². The Morgan fingerprint density at radius 3 is 2.26 bits per heavy atom. The molecule has 8 heteroatoms. The molecule has 0 saturated carbocycles. The predicted molar refractivity (Wildman–Crippen MR) is 129 cm³/mol. The van der Waals surface area contributed by atoms with E-state index in [2.05, 4.69) is 4.90 Å². The van der Waals surface area contributed by atoms with Crippen molar-refractivity contribution in [1.29, 1.82) is 0 Å². The van der Waals surface area contributed by atoms with Gasteiger partial charge < -0.3 is 29.1 Å². The number of nitrogens with zero attached hydrogens (tertiary/aromatic N) is 2. The molecular weight excluding hydrogens is 436 g/mol. The molecule has 1 atom stereocenters. The Bertz CT molecular complexity index is 1080. The Kier molecular flexibility index (Phi) is 8.17. The third-order valence-corrected chi connectivity index (χ3v) is 6.19. The fraction of sp³-hybridized carbons (Fsp3) is 0.385. The van der Waals surface area contributed by atoms with Gasteiger partial charge in [-0.3, -0.25) is 9.59 Å². The number of ketones is 1. The number of carbonyl (C=O) groups excluding carboxylic acids is 2. The van der Waals surface area contributed by atoms with Gasteiger partial charge in [0.2, 0.25) is 0 Å². The number of para-hydroxylation sites is 1. The van der Waals surface area contributed by atoms with Gasteiger partial charge in [0, 0.05) is 18.7 Å². The lowest BCUT2D eigenvalue weighted by Gasteiger charge is -2.29. The van der Waals surface area contributed by atoms with Gasteiger partial charge in [-0.1, -0.05) is 26.0 Å². The van der Waals surface area contributed by atoms with E-state index in [0.717, 1.165) is 13.1 Å². The Morgan fingerprint density at radius 2 is 1.65 bits per heavy atom. The van der Waals surface area contributed by atoms with E-state index >= 15 is 0 Å². The molecule has 1 aliphatic rings. The summed E-state index contributed by atoms with van der Waals surface area (Å²) in [7, 11) is 4.54. The van der Waals surface area contributed by atoms with Gasteiger partial charge in [0.05, 0.1) is 38.5 Å². The first-order chi connectivity index (χ1) is 16.4. The van der Waals surface area contributed by atoms with Gasteiger partial charge in [0.25, 0.3) is 11.7 Å². The Labute approximate surface area is 200 Å². The maximum Gasteiger partial charge on any atom is 0.295 e. The number of likely N-dealkylation sites (N-methyl/N-ethyl adjacent to an activating group) is 1. The van der Waals surface area contributed by atoms with Crippen LogP contribution in [0.3, 0.4) is 0 Å². The van der Waals surface area contributed by atoms with E-state index in [9.17, 15) is 14.7 Å². The Hall–Kier alpha value is -3.52. The molecule has 0 spiro atoms. The highest BCUT2D eigenvalue weighted by Gasteiger charge is 2.47. The summed E-state index contributed by atoms with van der Waals surface area (Å²) in [5, 5.41) is 11.3. The van der Waals surface area contributed by atoms with Crippen LogP contribution in [0, 0.1) is 0 Å². The van der Waals surface area contributed by atoms with Crippen LogP contribution in [-0.2, 0) is 9.59 Å². The molecule has 1 amide bonds. The molecular formula is C26H32N2O6. The summed E-state index contributed by atoms with van der Waals surface area (Å²) in [6.45, 7) is 6.60. The van der Waals surface area contributed by atoms with Crippen LogP contribution < -0.4 is 14.2 Å². The summed E-state index contributed by atoms with van der Waals surface area (Å²) in [6, 6.07) is 11.2. The van der Waals surface area contributed by atoms with Gasteiger partial charge in [-0.2, -0.15) is 0 Å². The van der Waals surface area contributed by atoms with Crippen LogP contribution in [0.4, 0.5) is 0 Å². The molecule has 1 aliphatic heterocycles. The quantitative estimate of drug-likeness (QED) is 0.324. The van der Waals surface area contributed by atoms with E-state index in [-0.39, 0.29) is 11.3 Å². The van der Waals surface area contributed by atoms with Crippen molar-refractivity contribution in [1.82, 2.24) is 9.80 Å². The van der Waals surface area contributed by atoms with E-state index in [0.29, 0.717) is 41.5 Å². The lowest BCUT2D eigenvalue weighted by Crippen LogP contribution is -2.38. The predicted octanol–water partition coefficient (Wildman–Crippen LogP) is 3.48. The zero-order valence-electron chi connectivity index (χ0n) is 20.3. The maximum atomic E-state index is 13.3. The summed E-state index contributed by atoms with van der Waals surface area (Å²) < 4.78 is 16.4. The Morgan fingerprint density at radius 1 is 0.971 bits per heavy atom. The number of methoxy groups -OCH3 is 3. The Balaban J connectivity index is 2.23. The summed E-state index contributed by atoms with van der Waals surface area (Å²) in [5.41, 5.74) is 0.872. The molecule has 3 rings (SSSR count). The van der Waals surface area contributed by atoms with Gasteiger partial charge in [0.15, 0.2) is 0 Å². The average molecular weight is 469 g/mol. The van der Waals surface area contributed by atoms with Crippen molar-refractivity contribution >= 4 is 17.4 Å². The molecule has 2 aromatic rings. The molecule has 1 heterocycles. The molecule has 0 aliphatic carbocycles. The van der Waals surface area contributed by atoms with Gasteiger partial charge in [-0.25, -0.2) is 0 Å². The van der Waals surface area contributed by atoms with Crippen LogP contribution in [0.2, 0.25) is 0 Å². The van der Waals surface area contributed by atoms with Crippen molar-refractivity contribution in [2.75, 3.05) is 47.5 Å². The number of benzene rings is 2. The molecule has 1 N–H and O–H groups in total. The molecule has 182 valence electrons. The molecule has 0 radical (unpaired) electrons. The number of carbonyl (C=O) groups is 2. The van der Waals surface area contributed by atoms with Crippen LogP contribution in [0.25, 0.3) is 5.76 Å².